The van der Waals surface area contributed by atoms with Gasteiger partial charge in [-0.25, -0.2) is 19.4 Å². The first-order valence-electron chi connectivity index (χ1n) is 12.6. The molecule has 3 aromatic heterocycles. The smallest absolute Gasteiger partial charge is 0.290 e. The van der Waals surface area contributed by atoms with Gasteiger partial charge in [0.1, 0.15) is 5.82 Å². The standard InChI is InChI=1S/C27H29F3N8O/c1-16-22-33-24(27(28,29)30)34-38(22)11-10-36(16)14-17-6-7-18(13-31)19(12-17)20-8-9-21-23(32-20)35(5)25(39)37(21)15-26(2,3)4/h6-9,12,16H,10-11,14-15H2,1-5H3. The summed E-state index contributed by atoms with van der Waals surface area (Å²) in [6.45, 7) is 9.77. The molecule has 4 aromatic rings. The highest BCUT2D eigenvalue weighted by molar-refractivity contribution is 5.78. The number of benzene rings is 1. The van der Waals surface area contributed by atoms with Gasteiger partial charge in [0, 0.05) is 32.2 Å². The summed E-state index contributed by atoms with van der Waals surface area (Å²) in [4.78, 5) is 23.5. The van der Waals surface area contributed by atoms with Crippen molar-refractivity contribution in [1.82, 2.24) is 33.8 Å². The number of aryl methyl sites for hydroxylation is 1. The molecule has 1 aromatic carbocycles. The van der Waals surface area contributed by atoms with E-state index in [1.807, 2.05) is 36.1 Å². The van der Waals surface area contributed by atoms with Crippen molar-refractivity contribution in [2.24, 2.45) is 12.5 Å². The summed E-state index contributed by atoms with van der Waals surface area (Å²) in [6, 6.07) is 10.9. The fourth-order valence-corrected chi connectivity index (χ4v) is 5.03. The minimum atomic E-state index is -4.60. The molecule has 9 nitrogen and oxygen atoms in total. The van der Waals surface area contributed by atoms with Crippen LogP contribution < -0.4 is 5.69 Å². The second-order valence-corrected chi connectivity index (χ2v) is 11.2. The third-order valence-electron chi connectivity index (χ3n) is 6.95. The zero-order chi connectivity index (χ0) is 28.3. The van der Waals surface area contributed by atoms with Crippen LogP contribution in [0, 0.1) is 16.7 Å². The summed E-state index contributed by atoms with van der Waals surface area (Å²) >= 11 is 0. The van der Waals surface area contributed by atoms with Gasteiger partial charge in [0.2, 0.25) is 0 Å². The van der Waals surface area contributed by atoms with E-state index in [-0.39, 0.29) is 23.0 Å². The number of rotatable bonds is 4. The Morgan fingerprint density at radius 2 is 1.85 bits per heavy atom. The van der Waals surface area contributed by atoms with E-state index in [0.717, 1.165) is 11.1 Å². The maximum Gasteiger partial charge on any atom is 0.453 e. The van der Waals surface area contributed by atoms with Gasteiger partial charge in [0.05, 0.1) is 35.4 Å². The van der Waals surface area contributed by atoms with Crippen molar-refractivity contribution in [3.05, 3.63) is 63.6 Å². The van der Waals surface area contributed by atoms with Crippen LogP contribution in [0.15, 0.2) is 35.1 Å². The number of hydrogen-bond donors (Lipinski definition) is 0. The largest absolute Gasteiger partial charge is 0.453 e. The zero-order valence-corrected chi connectivity index (χ0v) is 22.4. The van der Waals surface area contributed by atoms with E-state index in [0.29, 0.717) is 48.6 Å². The van der Waals surface area contributed by atoms with Crippen LogP contribution >= 0.6 is 0 Å². The van der Waals surface area contributed by atoms with Crippen LogP contribution in [0.2, 0.25) is 0 Å². The van der Waals surface area contributed by atoms with Crippen molar-refractivity contribution in [3.63, 3.8) is 0 Å². The molecule has 12 heteroatoms. The Hall–Kier alpha value is -3.98. The van der Waals surface area contributed by atoms with Crippen LogP contribution in [0.4, 0.5) is 13.2 Å². The van der Waals surface area contributed by atoms with Crippen LogP contribution in [0.3, 0.4) is 0 Å². The lowest BCUT2D eigenvalue weighted by Gasteiger charge is -2.32. The monoisotopic (exact) mass is 538 g/mol. The predicted octanol–water partition coefficient (Wildman–Crippen LogP) is 4.51. The highest BCUT2D eigenvalue weighted by Gasteiger charge is 2.39. The molecule has 1 aliphatic rings. The number of halogens is 3. The quantitative estimate of drug-likeness (QED) is 0.379. The number of hydrogen-bond acceptors (Lipinski definition) is 6. The average molecular weight is 539 g/mol. The minimum Gasteiger partial charge on any atom is -0.290 e. The first kappa shape index (κ1) is 26.6. The van der Waals surface area contributed by atoms with Crippen LogP contribution in [0.25, 0.3) is 22.4 Å². The molecule has 0 radical (unpaired) electrons. The van der Waals surface area contributed by atoms with Gasteiger partial charge in [-0.05, 0) is 42.2 Å². The van der Waals surface area contributed by atoms with E-state index in [1.54, 1.807) is 17.7 Å². The van der Waals surface area contributed by atoms with Gasteiger partial charge in [0.15, 0.2) is 5.65 Å². The van der Waals surface area contributed by atoms with Crippen LogP contribution in [0.5, 0.6) is 0 Å². The summed E-state index contributed by atoms with van der Waals surface area (Å²) in [6.07, 6.45) is -4.60. The molecule has 39 heavy (non-hydrogen) atoms. The van der Waals surface area contributed by atoms with E-state index in [9.17, 15) is 23.2 Å². The summed E-state index contributed by atoms with van der Waals surface area (Å²) in [5.41, 5.74) is 3.49. The number of imidazole rings is 1. The van der Waals surface area contributed by atoms with E-state index in [1.165, 1.54) is 9.25 Å². The Kier molecular flexibility index (Phi) is 6.37. The number of nitriles is 1. The van der Waals surface area contributed by atoms with Gasteiger partial charge in [-0.1, -0.05) is 26.8 Å². The minimum absolute atomic E-state index is 0.105. The van der Waals surface area contributed by atoms with Crippen LogP contribution in [0.1, 0.15) is 56.5 Å². The fourth-order valence-electron chi connectivity index (χ4n) is 5.03. The molecular formula is C27H29F3N8O. The molecule has 4 heterocycles. The molecule has 0 fully saturated rings. The van der Waals surface area contributed by atoms with Crippen molar-refractivity contribution >= 4 is 11.2 Å². The van der Waals surface area contributed by atoms with Gasteiger partial charge >= 0.3 is 11.9 Å². The normalized spacial score (nSPS) is 16.4. The Bertz CT molecular complexity index is 1670. The number of nitrogens with zero attached hydrogens (tertiary/aromatic N) is 8. The Morgan fingerprint density at radius 1 is 1.10 bits per heavy atom. The van der Waals surface area contributed by atoms with Crippen LogP contribution in [-0.2, 0) is 32.9 Å². The molecule has 0 saturated carbocycles. The number of aromatic nitrogens is 6. The Labute approximate surface area is 223 Å². The molecule has 0 N–H and O–H groups in total. The molecule has 0 bridgehead atoms. The molecule has 204 valence electrons. The summed E-state index contributed by atoms with van der Waals surface area (Å²) in [5, 5.41) is 13.4. The van der Waals surface area contributed by atoms with Crippen molar-refractivity contribution in [2.45, 2.75) is 59.5 Å². The zero-order valence-electron chi connectivity index (χ0n) is 22.4. The van der Waals surface area contributed by atoms with Gasteiger partial charge < -0.3 is 0 Å². The molecule has 0 saturated heterocycles. The first-order valence-corrected chi connectivity index (χ1v) is 12.6. The highest BCUT2D eigenvalue weighted by Crippen LogP contribution is 2.32. The maximum absolute atomic E-state index is 13.1. The lowest BCUT2D eigenvalue weighted by Crippen LogP contribution is -2.37. The second kappa shape index (κ2) is 9.34. The molecule has 0 spiro atoms. The highest BCUT2D eigenvalue weighted by atomic mass is 19.4. The number of alkyl halides is 3. The van der Waals surface area contributed by atoms with Crippen molar-refractivity contribution in [2.75, 3.05) is 6.54 Å². The average Bonchev–Trinajstić information content (AvgIpc) is 3.41. The van der Waals surface area contributed by atoms with Crippen molar-refractivity contribution < 1.29 is 13.2 Å². The van der Waals surface area contributed by atoms with Crippen molar-refractivity contribution in [3.8, 4) is 17.3 Å². The molecular weight excluding hydrogens is 509 g/mol. The molecule has 1 unspecified atom stereocenters. The lowest BCUT2D eigenvalue weighted by molar-refractivity contribution is -0.145. The number of pyridine rings is 1. The molecule has 0 aliphatic carbocycles. The predicted molar refractivity (Wildman–Crippen MR) is 138 cm³/mol. The summed E-state index contributed by atoms with van der Waals surface area (Å²) in [5.74, 6) is -0.852. The molecule has 1 aliphatic heterocycles. The molecule has 5 rings (SSSR count). The van der Waals surface area contributed by atoms with Crippen molar-refractivity contribution in [1.29, 1.82) is 5.26 Å². The lowest BCUT2D eigenvalue weighted by atomic mass is 9.97. The Balaban J connectivity index is 1.48. The maximum atomic E-state index is 13.1. The van der Waals surface area contributed by atoms with E-state index >= 15 is 0 Å². The van der Waals surface area contributed by atoms with Gasteiger partial charge in [0.25, 0.3) is 5.82 Å². The van der Waals surface area contributed by atoms with Gasteiger partial charge in [-0.3, -0.25) is 14.0 Å². The fraction of sp³-hybridized carbons (Fsp3) is 0.444. The number of fused-ring (bicyclic) bond motifs is 2. The third kappa shape index (κ3) is 4.94. The summed E-state index contributed by atoms with van der Waals surface area (Å²) in [7, 11) is 1.68. The topological polar surface area (TPSA) is 97.6 Å². The molecule has 1 atom stereocenters. The van der Waals surface area contributed by atoms with Gasteiger partial charge in [-0.2, -0.15) is 18.4 Å². The van der Waals surface area contributed by atoms with Gasteiger partial charge in [-0.15, -0.1) is 5.10 Å². The first-order chi connectivity index (χ1) is 18.3. The van der Waals surface area contributed by atoms with E-state index < -0.39 is 12.0 Å². The SMILES string of the molecule is CC1c2nc(C(F)(F)F)nn2CCN1Cc1ccc(C#N)c(-c2ccc3c(n2)n(C)c(=O)n3CC(C)(C)C)c1. The van der Waals surface area contributed by atoms with E-state index in [2.05, 4.69) is 36.9 Å². The summed E-state index contributed by atoms with van der Waals surface area (Å²) < 4.78 is 44.0. The Morgan fingerprint density at radius 3 is 2.51 bits per heavy atom. The second-order valence-electron chi connectivity index (χ2n) is 11.2. The van der Waals surface area contributed by atoms with Crippen LogP contribution in [-0.4, -0.2) is 40.3 Å². The third-order valence-corrected chi connectivity index (χ3v) is 6.95. The molecule has 0 amide bonds. The van der Waals surface area contributed by atoms with E-state index in [4.69, 9.17) is 4.98 Å².